The molecule has 2 N–H and O–H groups in total. The van der Waals surface area contributed by atoms with Gasteiger partial charge in [-0.15, -0.1) is 0 Å². The average molecular weight is 299 g/mol. The van der Waals surface area contributed by atoms with E-state index in [9.17, 15) is 0 Å². The summed E-state index contributed by atoms with van der Waals surface area (Å²) in [5.41, 5.74) is 7.79. The second kappa shape index (κ2) is 4.91. The van der Waals surface area contributed by atoms with Crippen LogP contribution in [-0.2, 0) is 0 Å². The molecule has 1 aromatic heterocycles. The van der Waals surface area contributed by atoms with Crippen molar-refractivity contribution in [2.75, 3.05) is 0 Å². The number of benzene rings is 1. The first-order valence-corrected chi connectivity index (χ1v) is 5.81. The monoisotopic (exact) mass is 297 g/mol. The first-order valence-electron chi connectivity index (χ1n) is 4.64. The standard InChI is InChI=1S/C11H9BrClN3/c12-9-3-1-2-8(10(9)13)11(14)7-4-15-6-16-5-7/h1-6,11H,14H2. The Morgan fingerprint density at radius 1 is 1.25 bits per heavy atom. The van der Waals surface area contributed by atoms with E-state index in [1.807, 2.05) is 18.2 Å². The van der Waals surface area contributed by atoms with E-state index < -0.39 is 0 Å². The molecule has 0 radical (unpaired) electrons. The van der Waals surface area contributed by atoms with Crippen molar-refractivity contribution < 1.29 is 0 Å². The summed E-state index contributed by atoms with van der Waals surface area (Å²) in [7, 11) is 0. The molecule has 1 atom stereocenters. The molecule has 1 unspecified atom stereocenters. The smallest absolute Gasteiger partial charge is 0.115 e. The van der Waals surface area contributed by atoms with Crippen LogP contribution in [0, 0.1) is 0 Å². The zero-order chi connectivity index (χ0) is 11.5. The molecule has 0 aliphatic heterocycles. The molecule has 0 bridgehead atoms. The van der Waals surface area contributed by atoms with Crippen LogP contribution in [0.2, 0.25) is 5.02 Å². The molecule has 0 aliphatic rings. The van der Waals surface area contributed by atoms with Gasteiger partial charge in [0.15, 0.2) is 0 Å². The van der Waals surface area contributed by atoms with Gasteiger partial charge in [0.2, 0.25) is 0 Å². The van der Waals surface area contributed by atoms with E-state index in [0.29, 0.717) is 5.02 Å². The molecule has 0 amide bonds. The number of hydrogen-bond donors (Lipinski definition) is 1. The summed E-state index contributed by atoms with van der Waals surface area (Å²) < 4.78 is 0.832. The predicted molar refractivity (Wildman–Crippen MR) is 67.2 cm³/mol. The third kappa shape index (κ3) is 2.24. The van der Waals surface area contributed by atoms with Gasteiger partial charge < -0.3 is 5.73 Å². The SMILES string of the molecule is NC(c1cncnc1)c1cccc(Br)c1Cl. The van der Waals surface area contributed by atoms with Crippen molar-refractivity contribution in [3.05, 3.63) is 57.5 Å². The highest BCUT2D eigenvalue weighted by Gasteiger charge is 2.14. The molecule has 0 aliphatic carbocycles. The molecule has 16 heavy (non-hydrogen) atoms. The van der Waals surface area contributed by atoms with Crippen LogP contribution in [0.3, 0.4) is 0 Å². The van der Waals surface area contributed by atoms with E-state index in [-0.39, 0.29) is 6.04 Å². The molecule has 0 saturated carbocycles. The lowest BCUT2D eigenvalue weighted by molar-refractivity contribution is 0.850. The topological polar surface area (TPSA) is 51.8 Å². The number of aromatic nitrogens is 2. The van der Waals surface area contributed by atoms with Crippen molar-refractivity contribution in [2.24, 2.45) is 5.73 Å². The van der Waals surface area contributed by atoms with Gasteiger partial charge in [-0.3, -0.25) is 0 Å². The van der Waals surface area contributed by atoms with Crippen LogP contribution < -0.4 is 5.73 Å². The van der Waals surface area contributed by atoms with Gasteiger partial charge in [-0.2, -0.15) is 0 Å². The van der Waals surface area contributed by atoms with Gasteiger partial charge in [0.1, 0.15) is 6.33 Å². The molecular formula is C11H9BrClN3. The number of nitrogens with zero attached hydrogens (tertiary/aromatic N) is 2. The van der Waals surface area contributed by atoms with E-state index >= 15 is 0 Å². The second-order valence-corrected chi connectivity index (χ2v) is 4.52. The van der Waals surface area contributed by atoms with Crippen LogP contribution in [0.4, 0.5) is 0 Å². The molecule has 82 valence electrons. The Bertz CT molecular complexity index is 490. The number of hydrogen-bond acceptors (Lipinski definition) is 3. The molecule has 1 heterocycles. The molecule has 2 rings (SSSR count). The third-order valence-electron chi connectivity index (χ3n) is 2.26. The minimum Gasteiger partial charge on any atom is -0.320 e. The largest absolute Gasteiger partial charge is 0.320 e. The summed E-state index contributed by atoms with van der Waals surface area (Å²) in [5, 5.41) is 0.624. The molecule has 0 fully saturated rings. The van der Waals surface area contributed by atoms with Gasteiger partial charge in [0.25, 0.3) is 0 Å². The van der Waals surface area contributed by atoms with Gasteiger partial charge in [-0.05, 0) is 27.6 Å². The Morgan fingerprint density at radius 2 is 1.94 bits per heavy atom. The van der Waals surface area contributed by atoms with Crippen molar-refractivity contribution in [3.63, 3.8) is 0 Å². The summed E-state index contributed by atoms with van der Waals surface area (Å²) in [6.45, 7) is 0. The summed E-state index contributed by atoms with van der Waals surface area (Å²) >= 11 is 9.54. The molecular weight excluding hydrogens is 289 g/mol. The van der Waals surface area contributed by atoms with Gasteiger partial charge in [-0.25, -0.2) is 9.97 Å². The lowest BCUT2D eigenvalue weighted by Gasteiger charge is -2.13. The quantitative estimate of drug-likeness (QED) is 0.927. The van der Waals surface area contributed by atoms with Crippen molar-refractivity contribution >= 4 is 27.5 Å². The second-order valence-electron chi connectivity index (χ2n) is 3.29. The fourth-order valence-corrected chi connectivity index (χ4v) is 2.04. The Kier molecular flexibility index (Phi) is 3.53. The molecule has 3 nitrogen and oxygen atoms in total. The van der Waals surface area contributed by atoms with Gasteiger partial charge in [0, 0.05) is 22.4 Å². The zero-order valence-corrected chi connectivity index (χ0v) is 10.6. The van der Waals surface area contributed by atoms with Crippen molar-refractivity contribution in [3.8, 4) is 0 Å². The minimum absolute atomic E-state index is 0.314. The highest BCUT2D eigenvalue weighted by atomic mass is 79.9. The summed E-state index contributed by atoms with van der Waals surface area (Å²) in [6.07, 6.45) is 4.85. The van der Waals surface area contributed by atoms with Gasteiger partial charge >= 0.3 is 0 Å². The Labute approximate surface area is 107 Å². The summed E-state index contributed by atoms with van der Waals surface area (Å²) in [6, 6.07) is 5.35. The van der Waals surface area contributed by atoms with E-state index in [0.717, 1.165) is 15.6 Å². The fourth-order valence-electron chi connectivity index (χ4n) is 1.41. The molecule has 0 saturated heterocycles. The van der Waals surface area contributed by atoms with Crippen molar-refractivity contribution in [2.45, 2.75) is 6.04 Å². The Hall–Kier alpha value is -0.970. The van der Waals surface area contributed by atoms with Crippen molar-refractivity contribution in [1.29, 1.82) is 0 Å². The molecule has 2 aromatic rings. The average Bonchev–Trinajstić information content (AvgIpc) is 2.33. The van der Waals surface area contributed by atoms with Crippen LogP contribution in [-0.4, -0.2) is 9.97 Å². The van der Waals surface area contributed by atoms with E-state index in [1.54, 1.807) is 12.4 Å². The molecule has 5 heteroatoms. The summed E-state index contributed by atoms with van der Waals surface area (Å²) in [5.74, 6) is 0. The van der Waals surface area contributed by atoms with E-state index in [4.69, 9.17) is 17.3 Å². The predicted octanol–water partition coefficient (Wildman–Crippen LogP) is 2.94. The number of rotatable bonds is 2. The van der Waals surface area contributed by atoms with Gasteiger partial charge in [-0.1, -0.05) is 23.7 Å². The van der Waals surface area contributed by atoms with Crippen molar-refractivity contribution in [1.82, 2.24) is 9.97 Å². The maximum atomic E-state index is 6.17. The van der Waals surface area contributed by atoms with Crippen LogP contribution in [0.15, 0.2) is 41.4 Å². The van der Waals surface area contributed by atoms with Crippen LogP contribution in [0.5, 0.6) is 0 Å². The number of halogens is 2. The maximum Gasteiger partial charge on any atom is 0.115 e. The number of nitrogens with two attached hydrogens (primary N) is 1. The third-order valence-corrected chi connectivity index (χ3v) is 3.57. The summed E-state index contributed by atoms with van der Waals surface area (Å²) in [4.78, 5) is 7.87. The van der Waals surface area contributed by atoms with Crippen LogP contribution in [0.1, 0.15) is 17.2 Å². The molecule has 0 spiro atoms. The van der Waals surface area contributed by atoms with E-state index in [1.165, 1.54) is 6.33 Å². The van der Waals surface area contributed by atoms with Gasteiger partial charge in [0.05, 0.1) is 11.1 Å². The lowest BCUT2D eigenvalue weighted by Crippen LogP contribution is -2.13. The normalized spacial score (nSPS) is 12.4. The maximum absolute atomic E-state index is 6.17. The van der Waals surface area contributed by atoms with Crippen LogP contribution >= 0.6 is 27.5 Å². The Morgan fingerprint density at radius 3 is 2.62 bits per heavy atom. The fraction of sp³-hybridized carbons (Fsp3) is 0.0909. The Balaban J connectivity index is 2.42. The lowest BCUT2D eigenvalue weighted by atomic mass is 10.0. The zero-order valence-electron chi connectivity index (χ0n) is 8.27. The highest BCUT2D eigenvalue weighted by molar-refractivity contribution is 9.10. The molecule has 1 aromatic carbocycles. The van der Waals surface area contributed by atoms with Crippen LogP contribution in [0.25, 0.3) is 0 Å². The minimum atomic E-state index is -0.314. The highest BCUT2D eigenvalue weighted by Crippen LogP contribution is 2.31. The first-order chi connectivity index (χ1) is 7.70. The van der Waals surface area contributed by atoms with E-state index in [2.05, 4.69) is 25.9 Å². The first kappa shape index (κ1) is 11.5.